The molecule has 3 nitrogen and oxygen atoms in total. The maximum atomic E-state index is 11.2. The van der Waals surface area contributed by atoms with Crippen LogP contribution in [-0.4, -0.2) is 17.9 Å². The Labute approximate surface area is 113 Å². The van der Waals surface area contributed by atoms with Gasteiger partial charge in [0.05, 0.1) is 12.6 Å². The minimum absolute atomic E-state index is 0.186. The Hall–Kier alpha value is -1.90. The first-order valence-corrected chi connectivity index (χ1v) is 6.46. The van der Waals surface area contributed by atoms with E-state index in [2.05, 4.69) is 11.1 Å². The molecule has 0 aliphatic heterocycles. The van der Waals surface area contributed by atoms with Gasteiger partial charge in [-0.2, -0.15) is 0 Å². The number of ether oxygens (including phenoxy) is 1. The smallest absolute Gasteiger partial charge is 0.133 e. The van der Waals surface area contributed by atoms with E-state index in [9.17, 15) is 4.79 Å². The van der Waals surface area contributed by atoms with Crippen LogP contribution in [0.4, 0.5) is 0 Å². The zero-order chi connectivity index (χ0) is 14.0. The van der Waals surface area contributed by atoms with Crippen molar-refractivity contribution in [3.8, 4) is 5.75 Å². The number of ketones is 1. The molecule has 0 bridgehead atoms. The number of rotatable bonds is 4. The number of pyridine rings is 1. The van der Waals surface area contributed by atoms with Gasteiger partial charge in [0.1, 0.15) is 11.5 Å². The molecule has 19 heavy (non-hydrogen) atoms. The molecule has 0 radical (unpaired) electrons. The number of carbonyl (C=O) groups is 1. The molecule has 0 saturated heterocycles. The topological polar surface area (TPSA) is 39.2 Å². The minimum Gasteiger partial charge on any atom is -0.496 e. The summed E-state index contributed by atoms with van der Waals surface area (Å²) < 4.78 is 5.58. The second kappa shape index (κ2) is 5.39. The highest BCUT2D eigenvalue weighted by Crippen LogP contribution is 2.32. The van der Waals surface area contributed by atoms with E-state index in [0.29, 0.717) is 12.8 Å². The Morgan fingerprint density at radius 2 is 2.05 bits per heavy atom. The number of hydrogen-bond donors (Lipinski definition) is 0. The summed E-state index contributed by atoms with van der Waals surface area (Å²) in [5, 5.41) is 1.02. The highest BCUT2D eigenvalue weighted by Gasteiger charge is 2.13. The number of Topliss-reactive ketones (excluding diaryl/α,β-unsaturated/α-hetero) is 1. The molecule has 0 unspecified atom stereocenters. The summed E-state index contributed by atoms with van der Waals surface area (Å²) >= 11 is 0. The monoisotopic (exact) mass is 257 g/mol. The summed E-state index contributed by atoms with van der Waals surface area (Å²) in [7, 11) is 1.67. The Morgan fingerprint density at radius 3 is 2.68 bits per heavy atom. The molecular weight excluding hydrogens is 238 g/mol. The van der Waals surface area contributed by atoms with Crippen LogP contribution in [0.15, 0.2) is 18.2 Å². The third-order valence-corrected chi connectivity index (χ3v) is 3.33. The van der Waals surface area contributed by atoms with Gasteiger partial charge in [0, 0.05) is 23.1 Å². The molecule has 0 N–H and O–H groups in total. The normalized spacial score (nSPS) is 10.7. The first-order chi connectivity index (χ1) is 9.02. The quantitative estimate of drug-likeness (QED) is 0.842. The van der Waals surface area contributed by atoms with Crippen LogP contribution in [0.2, 0.25) is 0 Å². The lowest BCUT2D eigenvalue weighted by Gasteiger charge is -2.14. The number of methoxy groups -OCH3 is 1. The molecule has 1 aromatic carbocycles. The van der Waals surface area contributed by atoms with E-state index in [4.69, 9.17) is 4.74 Å². The highest BCUT2D eigenvalue weighted by molar-refractivity contribution is 5.87. The maximum absolute atomic E-state index is 11.2. The van der Waals surface area contributed by atoms with Gasteiger partial charge in [-0.15, -0.1) is 0 Å². The summed E-state index contributed by atoms with van der Waals surface area (Å²) in [6.45, 7) is 5.63. The molecule has 0 amide bonds. The number of aromatic nitrogens is 1. The minimum atomic E-state index is 0.186. The number of benzene rings is 1. The van der Waals surface area contributed by atoms with Crippen molar-refractivity contribution in [3.63, 3.8) is 0 Å². The van der Waals surface area contributed by atoms with Gasteiger partial charge in [-0.3, -0.25) is 4.98 Å². The first kappa shape index (κ1) is 13.5. The van der Waals surface area contributed by atoms with Crippen LogP contribution < -0.4 is 4.74 Å². The second-order valence-electron chi connectivity index (χ2n) is 4.93. The third kappa shape index (κ3) is 2.75. The van der Waals surface area contributed by atoms with Crippen LogP contribution >= 0.6 is 0 Å². The summed E-state index contributed by atoms with van der Waals surface area (Å²) in [5.74, 6) is 1.04. The number of hydrogen-bond acceptors (Lipinski definition) is 3. The van der Waals surface area contributed by atoms with E-state index < -0.39 is 0 Å². The molecule has 0 fully saturated rings. The van der Waals surface area contributed by atoms with E-state index in [0.717, 1.165) is 27.9 Å². The van der Waals surface area contributed by atoms with Crippen molar-refractivity contribution in [1.29, 1.82) is 0 Å². The number of fused-ring (bicyclic) bond motifs is 1. The van der Waals surface area contributed by atoms with E-state index in [1.807, 2.05) is 26.0 Å². The SMILES string of the molecule is COc1c(CCC(C)=O)c(C)nc2ccc(C)cc12. The zero-order valence-corrected chi connectivity index (χ0v) is 11.9. The molecule has 2 aromatic rings. The molecule has 0 spiro atoms. The van der Waals surface area contributed by atoms with Gasteiger partial charge in [0.15, 0.2) is 0 Å². The van der Waals surface area contributed by atoms with Crippen LogP contribution in [0, 0.1) is 13.8 Å². The summed E-state index contributed by atoms with van der Waals surface area (Å²) in [5.41, 5.74) is 4.09. The van der Waals surface area contributed by atoms with Crippen LogP contribution in [0.1, 0.15) is 30.2 Å². The van der Waals surface area contributed by atoms with Crippen molar-refractivity contribution in [2.24, 2.45) is 0 Å². The molecule has 0 atom stereocenters. The zero-order valence-electron chi connectivity index (χ0n) is 11.9. The van der Waals surface area contributed by atoms with Crippen molar-refractivity contribution in [1.82, 2.24) is 4.98 Å². The summed E-state index contributed by atoms with van der Waals surface area (Å²) in [6, 6.07) is 6.14. The fourth-order valence-corrected chi connectivity index (χ4v) is 2.33. The Morgan fingerprint density at radius 1 is 1.32 bits per heavy atom. The lowest BCUT2D eigenvalue weighted by atomic mass is 10.0. The van der Waals surface area contributed by atoms with Crippen LogP contribution in [0.5, 0.6) is 5.75 Å². The lowest BCUT2D eigenvalue weighted by Crippen LogP contribution is -2.02. The third-order valence-electron chi connectivity index (χ3n) is 3.33. The largest absolute Gasteiger partial charge is 0.496 e. The molecule has 0 saturated carbocycles. The average molecular weight is 257 g/mol. The van der Waals surface area contributed by atoms with Crippen molar-refractivity contribution in [2.45, 2.75) is 33.6 Å². The van der Waals surface area contributed by atoms with E-state index >= 15 is 0 Å². The fraction of sp³-hybridized carbons (Fsp3) is 0.375. The predicted octanol–water partition coefficient (Wildman–Crippen LogP) is 3.38. The van der Waals surface area contributed by atoms with Crippen LogP contribution in [0.25, 0.3) is 10.9 Å². The Balaban J connectivity index is 2.61. The first-order valence-electron chi connectivity index (χ1n) is 6.46. The van der Waals surface area contributed by atoms with Gasteiger partial charge in [-0.25, -0.2) is 0 Å². The summed E-state index contributed by atoms with van der Waals surface area (Å²) in [4.78, 5) is 15.8. The number of nitrogens with zero attached hydrogens (tertiary/aromatic N) is 1. The molecule has 3 heteroatoms. The molecule has 1 aromatic heterocycles. The van der Waals surface area contributed by atoms with Gasteiger partial charge in [0.25, 0.3) is 0 Å². The van der Waals surface area contributed by atoms with Gasteiger partial charge in [0.2, 0.25) is 0 Å². The van der Waals surface area contributed by atoms with Crippen molar-refractivity contribution >= 4 is 16.7 Å². The van der Waals surface area contributed by atoms with E-state index in [-0.39, 0.29) is 5.78 Å². The number of carbonyl (C=O) groups excluding carboxylic acids is 1. The fourth-order valence-electron chi connectivity index (χ4n) is 2.33. The van der Waals surface area contributed by atoms with Gasteiger partial charge in [-0.05, 0) is 39.3 Å². The Bertz CT molecular complexity index is 632. The summed E-state index contributed by atoms with van der Waals surface area (Å²) in [6.07, 6.45) is 1.21. The van der Waals surface area contributed by atoms with Crippen molar-refractivity contribution < 1.29 is 9.53 Å². The van der Waals surface area contributed by atoms with E-state index in [1.165, 1.54) is 5.56 Å². The van der Waals surface area contributed by atoms with Crippen molar-refractivity contribution in [2.75, 3.05) is 7.11 Å². The van der Waals surface area contributed by atoms with Gasteiger partial charge in [-0.1, -0.05) is 11.6 Å². The Kier molecular flexibility index (Phi) is 3.84. The van der Waals surface area contributed by atoms with Gasteiger partial charge >= 0.3 is 0 Å². The number of aryl methyl sites for hydroxylation is 2. The standard InChI is InChI=1S/C16H19NO2/c1-10-5-8-15-14(9-10)16(19-4)13(12(3)17-15)7-6-11(2)18/h5,8-9H,6-7H2,1-4H3. The van der Waals surface area contributed by atoms with Gasteiger partial charge < -0.3 is 9.53 Å². The molecule has 1 heterocycles. The second-order valence-corrected chi connectivity index (χ2v) is 4.93. The van der Waals surface area contributed by atoms with Crippen LogP contribution in [-0.2, 0) is 11.2 Å². The predicted molar refractivity (Wildman–Crippen MR) is 76.8 cm³/mol. The average Bonchev–Trinajstić information content (AvgIpc) is 2.36. The maximum Gasteiger partial charge on any atom is 0.133 e. The van der Waals surface area contributed by atoms with Crippen molar-refractivity contribution in [3.05, 3.63) is 35.0 Å². The molecule has 0 aliphatic carbocycles. The lowest BCUT2D eigenvalue weighted by molar-refractivity contribution is -0.116. The van der Waals surface area contributed by atoms with E-state index in [1.54, 1.807) is 14.0 Å². The highest BCUT2D eigenvalue weighted by atomic mass is 16.5. The molecular formula is C16H19NO2. The molecule has 100 valence electrons. The van der Waals surface area contributed by atoms with Crippen LogP contribution in [0.3, 0.4) is 0 Å². The molecule has 0 aliphatic rings. The molecule has 2 rings (SSSR count).